The first-order chi connectivity index (χ1) is 19.5. The number of carbonyl (C=O) groups is 1. The number of carboxylic acid groups (broad SMARTS) is 1. The van der Waals surface area contributed by atoms with Crippen LogP contribution >= 0.6 is 11.3 Å². The lowest BCUT2D eigenvalue weighted by Gasteiger charge is -2.26. The molecule has 0 atom stereocenters. The molecule has 6 heteroatoms. The Hall–Kier alpha value is -4.42. The van der Waals surface area contributed by atoms with Gasteiger partial charge in [-0.1, -0.05) is 84.9 Å². The predicted octanol–water partition coefficient (Wildman–Crippen LogP) is 8.13. The third-order valence-electron chi connectivity index (χ3n) is 6.88. The molecule has 202 valence electrons. The van der Waals surface area contributed by atoms with Crippen LogP contribution < -0.4 is 9.80 Å². The summed E-state index contributed by atoms with van der Waals surface area (Å²) in [6, 6.07) is 37.1. The van der Waals surface area contributed by atoms with E-state index < -0.39 is 5.97 Å². The van der Waals surface area contributed by atoms with Gasteiger partial charge in [0.25, 0.3) is 0 Å². The number of aromatic carboxylic acids is 1. The lowest BCUT2D eigenvalue weighted by molar-refractivity contribution is 0.0697. The molecular formula is C34H33N3O2S. The summed E-state index contributed by atoms with van der Waals surface area (Å²) in [5.74, 6) is -0.911. The Kier molecular flexibility index (Phi) is 8.57. The van der Waals surface area contributed by atoms with Gasteiger partial charge in [0.05, 0.1) is 11.3 Å². The maximum absolute atomic E-state index is 11.2. The summed E-state index contributed by atoms with van der Waals surface area (Å²) in [6.45, 7) is 6.61. The van der Waals surface area contributed by atoms with Crippen LogP contribution in [0.15, 0.2) is 115 Å². The van der Waals surface area contributed by atoms with E-state index in [1.807, 2.05) is 12.1 Å². The van der Waals surface area contributed by atoms with Crippen molar-refractivity contribution in [2.24, 2.45) is 0 Å². The van der Waals surface area contributed by atoms with Crippen LogP contribution in [0.4, 0.5) is 10.8 Å². The van der Waals surface area contributed by atoms with E-state index in [-0.39, 0.29) is 6.04 Å². The van der Waals surface area contributed by atoms with Crippen molar-refractivity contribution in [3.05, 3.63) is 137 Å². The molecule has 0 bridgehead atoms. The number of nitrogens with zero attached hydrogens (tertiary/aromatic N) is 3. The van der Waals surface area contributed by atoms with Gasteiger partial charge in [0.15, 0.2) is 5.13 Å². The number of anilines is 2. The summed E-state index contributed by atoms with van der Waals surface area (Å²) in [4.78, 5) is 20.8. The number of aromatic nitrogens is 1. The molecule has 0 radical (unpaired) electrons. The minimum atomic E-state index is -0.911. The van der Waals surface area contributed by atoms with Crippen molar-refractivity contribution < 1.29 is 9.90 Å². The molecule has 0 aliphatic heterocycles. The molecule has 0 spiro atoms. The number of hydrogen-bond donors (Lipinski definition) is 1. The summed E-state index contributed by atoms with van der Waals surface area (Å²) < 4.78 is 0. The van der Waals surface area contributed by atoms with Crippen molar-refractivity contribution in [1.29, 1.82) is 0 Å². The van der Waals surface area contributed by atoms with Crippen molar-refractivity contribution in [2.75, 3.05) is 9.80 Å². The van der Waals surface area contributed by atoms with Crippen molar-refractivity contribution in [3.63, 3.8) is 0 Å². The lowest BCUT2D eigenvalue weighted by Crippen LogP contribution is -2.30. The SMILES string of the molecule is CC(C)N(Cc1ccc(C(=O)O)cc1)c1nc(-c2ccc(N(Cc3ccccc3)Cc3ccccc3)cc2)cs1. The number of thiazole rings is 1. The maximum Gasteiger partial charge on any atom is 0.335 e. The summed E-state index contributed by atoms with van der Waals surface area (Å²) in [6.07, 6.45) is 0. The second-order valence-electron chi connectivity index (χ2n) is 10.1. The van der Waals surface area contributed by atoms with Crippen LogP contribution in [0.2, 0.25) is 0 Å². The van der Waals surface area contributed by atoms with Gasteiger partial charge in [0, 0.05) is 42.3 Å². The second kappa shape index (κ2) is 12.6. The van der Waals surface area contributed by atoms with E-state index in [4.69, 9.17) is 4.98 Å². The highest BCUT2D eigenvalue weighted by Crippen LogP contribution is 2.31. The lowest BCUT2D eigenvalue weighted by atomic mass is 10.1. The Morgan fingerprint density at radius 2 is 1.30 bits per heavy atom. The first kappa shape index (κ1) is 27.2. The first-order valence-electron chi connectivity index (χ1n) is 13.4. The van der Waals surface area contributed by atoms with Gasteiger partial charge >= 0.3 is 5.97 Å². The molecule has 0 unspecified atom stereocenters. The molecular weight excluding hydrogens is 514 g/mol. The minimum absolute atomic E-state index is 0.241. The fourth-order valence-electron chi connectivity index (χ4n) is 4.64. The molecule has 1 aromatic heterocycles. The fraction of sp³-hybridized carbons (Fsp3) is 0.176. The average molecular weight is 548 g/mol. The Bertz CT molecular complexity index is 1470. The number of hydrogen-bond acceptors (Lipinski definition) is 5. The summed E-state index contributed by atoms with van der Waals surface area (Å²) in [7, 11) is 0. The van der Waals surface area contributed by atoms with Crippen LogP contribution in [-0.4, -0.2) is 22.1 Å². The van der Waals surface area contributed by atoms with Crippen LogP contribution in [0.25, 0.3) is 11.3 Å². The molecule has 0 saturated heterocycles. The smallest absolute Gasteiger partial charge is 0.335 e. The van der Waals surface area contributed by atoms with Gasteiger partial charge in [0.2, 0.25) is 0 Å². The van der Waals surface area contributed by atoms with Crippen LogP contribution in [0, 0.1) is 0 Å². The summed E-state index contributed by atoms with van der Waals surface area (Å²) in [5.41, 5.74) is 7.11. The van der Waals surface area contributed by atoms with Gasteiger partial charge in [-0.3, -0.25) is 0 Å². The highest BCUT2D eigenvalue weighted by molar-refractivity contribution is 7.14. The Labute approximate surface area is 240 Å². The van der Waals surface area contributed by atoms with E-state index >= 15 is 0 Å². The molecule has 0 aliphatic rings. The standard InChI is InChI=1S/C34H33N3O2S/c1-25(2)37(23-28-13-15-30(16-14-28)33(38)39)34-35-32(24-40-34)29-17-19-31(20-18-29)36(21-26-9-5-3-6-10-26)22-27-11-7-4-8-12-27/h3-20,24-25H,21-23H2,1-2H3,(H,38,39). The molecule has 4 aromatic carbocycles. The number of rotatable bonds is 11. The first-order valence-corrected chi connectivity index (χ1v) is 14.3. The van der Waals surface area contributed by atoms with Crippen LogP contribution in [-0.2, 0) is 19.6 Å². The molecule has 0 aliphatic carbocycles. The molecule has 40 heavy (non-hydrogen) atoms. The van der Waals surface area contributed by atoms with E-state index in [0.29, 0.717) is 12.1 Å². The monoisotopic (exact) mass is 547 g/mol. The zero-order chi connectivity index (χ0) is 27.9. The normalized spacial score (nSPS) is 11.0. The average Bonchev–Trinajstić information content (AvgIpc) is 3.47. The third kappa shape index (κ3) is 6.77. The largest absolute Gasteiger partial charge is 0.478 e. The van der Waals surface area contributed by atoms with E-state index in [0.717, 1.165) is 35.0 Å². The highest BCUT2D eigenvalue weighted by atomic mass is 32.1. The minimum Gasteiger partial charge on any atom is -0.478 e. The van der Waals surface area contributed by atoms with Gasteiger partial charge < -0.3 is 14.9 Å². The van der Waals surface area contributed by atoms with Crippen molar-refractivity contribution in [1.82, 2.24) is 4.98 Å². The quantitative estimate of drug-likeness (QED) is 0.181. The molecule has 0 saturated carbocycles. The van der Waals surface area contributed by atoms with Crippen LogP contribution in [0.1, 0.15) is 40.9 Å². The Balaban J connectivity index is 1.34. The van der Waals surface area contributed by atoms with Gasteiger partial charge in [-0.25, -0.2) is 9.78 Å². The van der Waals surface area contributed by atoms with E-state index in [1.54, 1.807) is 23.5 Å². The molecule has 0 fully saturated rings. The molecule has 1 N–H and O–H groups in total. The third-order valence-corrected chi connectivity index (χ3v) is 7.75. The van der Waals surface area contributed by atoms with Crippen LogP contribution in [0.3, 0.4) is 0 Å². The van der Waals surface area contributed by atoms with Crippen molar-refractivity contribution in [2.45, 2.75) is 39.5 Å². The van der Waals surface area contributed by atoms with Gasteiger partial charge in [-0.2, -0.15) is 0 Å². The van der Waals surface area contributed by atoms with Gasteiger partial charge in [-0.05, 0) is 54.8 Å². The number of carboxylic acids is 1. The van der Waals surface area contributed by atoms with E-state index in [2.05, 4.69) is 114 Å². The van der Waals surface area contributed by atoms with Gasteiger partial charge in [0.1, 0.15) is 0 Å². The summed E-state index contributed by atoms with van der Waals surface area (Å²) in [5, 5.41) is 12.3. The van der Waals surface area contributed by atoms with Crippen LogP contribution in [0.5, 0.6) is 0 Å². The van der Waals surface area contributed by atoms with E-state index in [9.17, 15) is 9.90 Å². The topological polar surface area (TPSA) is 56.7 Å². The Morgan fingerprint density at radius 1 is 0.750 bits per heavy atom. The predicted molar refractivity (Wildman–Crippen MR) is 165 cm³/mol. The zero-order valence-electron chi connectivity index (χ0n) is 22.8. The number of benzene rings is 4. The molecule has 5 nitrogen and oxygen atoms in total. The molecule has 0 amide bonds. The highest BCUT2D eigenvalue weighted by Gasteiger charge is 2.17. The van der Waals surface area contributed by atoms with Crippen molar-refractivity contribution >= 4 is 28.1 Å². The molecule has 5 rings (SSSR count). The fourth-order valence-corrected chi connectivity index (χ4v) is 5.61. The molecule has 5 aromatic rings. The molecule has 1 heterocycles. The van der Waals surface area contributed by atoms with E-state index in [1.165, 1.54) is 16.8 Å². The van der Waals surface area contributed by atoms with Gasteiger partial charge in [-0.15, -0.1) is 11.3 Å². The summed E-state index contributed by atoms with van der Waals surface area (Å²) >= 11 is 1.63. The second-order valence-corrected chi connectivity index (χ2v) is 10.9. The van der Waals surface area contributed by atoms with Crippen molar-refractivity contribution in [3.8, 4) is 11.3 Å². The maximum atomic E-state index is 11.2. The Morgan fingerprint density at radius 3 is 1.82 bits per heavy atom. The zero-order valence-corrected chi connectivity index (χ0v) is 23.6.